The van der Waals surface area contributed by atoms with E-state index in [9.17, 15) is 9.59 Å². The van der Waals surface area contributed by atoms with Crippen molar-refractivity contribution in [3.63, 3.8) is 0 Å². The predicted octanol–water partition coefficient (Wildman–Crippen LogP) is 2.72. The third-order valence-corrected chi connectivity index (χ3v) is 5.32. The molecule has 1 saturated heterocycles. The van der Waals surface area contributed by atoms with E-state index in [1.165, 1.54) is 0 Å². The largest absolute Gasteiger partial charge is 0.358 e. The average molecular weight is 364 g/mol. The first kappa shape index (κ1) is 17.4. The van der Waals surface area contributed by atoms with Gasteiger partial charge in [0, 0.05) is 49.0 Å². The summed E-state index contributed by atoms with van der Waals surface area (Å²) >= 11 is 0. The van der Waals surface area contributed by atoms with E-state index in [-0.39, 0.29) is 11.8 Å². The molecule has 1 aromatic carbocycles. The van der Waals surface area contributed by atoms with Crippen molar-refractivity contribution in [3.8, 4) is 0 Å². The van der Waals surface area contributed by atoms with E-state index in [0.717, 1.165) is 28.6 Å². The summed E-state index contributed by atoms with van der Waals surface area (Å²) in [7, 11) is 0. The van der Waals surface area contributed by atoms with Gasteiger partial charge < -0.3 is 19.8 Å². The highest BCUT2D eigenvalue weighted by Gasteiger charge is 2.24. The van der Waals surface area contributed by atoms with Gasteiger partial charge in [-0.25, -0.2) is 0 Å². The Balaban J connectivity index is 1.44. The van der Waals surface area contributed by atoms with Crippen molar-refractivity contribution in [2.24, 2.45) is 0 Å². The number of H-pyrrole nitrogens is 2. The van der Waals surface area contributed by atoms with Crippen LogP contribution in [0.15, 0.2) is 42.6 Å². The molecule has 0 unspecified atom stereocenters. The van der Waals surface area contributed by atoms with E-state index in [4.69, 9.17) is 0 Å². The number of aromatic amines is 2. The number of fused-ring (bicyclic) bond motifs is 1. The number of aromatic nitrogens is 2. The summed E-state index contributed by atoms with van der Waals surface area (Å²) in [6.07, 6.45) is 2.94. The van der Waals surface area contributed by atoms with Crippen molar-refractivity contribution in [2.75, 3.05) is 26.2 Å². The van der Waals surface area contributed by atoms with Gasteiger partial charge in [0.05, 0.1) is 6.42 Å². The van der Waals surface area contributed by atoms with Crippen LogP contribution in [0.1, 0.15) is 28.2 Å². The van der Waals surface area contributed by atoms with Crippen molar-refractivity contribution in [1.29, 1.82) is 0 Å². The molecule has 1 aliphatic rings. The molecule has 1 aliphatic heterocycles. The number of amides is 2. The zero-order valence-corrected chi connectivity index (χ0v) is 15.5. The molecule has 140 valence electrons. The zero-order valence-electron chi connectivity index (χ0n) is 15.5. The van der Waals surface area contributed by atoms with Crippen molar-refractivity contribution >= 4 is 22.7 Å². The summed E-state index contributed by atoms with van der Waals surface area (Å²) in [6.45, 7) is 4.52. The molecule has 4 rings (SSSR count). The van der Waals surface area contributed by atoms with Crippen LogP contribution in [0.3, 0.4) is 0 Å². The van der Waals surface area contributed by atoms with Crippen molar-refractivity contribution in [1.82, 2.24) is 19.8 Å². The molecule has 2 amide bonds. The summed E-state index contributed by atoms with van der Waals surface area (Å²) in [5, 5.41) is 1.11. The minimum atomic E-state index is 0.00164. The van der Waals surface area contributed by atoms with Crippen LogP contribution in [-0.2, 0) is 11.2 Å². The summed E-state index contributed by atoms with van der Waals surface area (Å²) < 4.78 is 0. The molecule has 2 aromatic heterocycles. The number of hydrogen-bond acceptors (Lipinski definition) is 2. The molecule has 0 radical (unpaired) electrons. The Kier molecular flexibility index (Phi) is 4.71. The standard InChI is InChI=1S/C21H24N4O2/c1-15-17(16-6-2-3-7-18(16)23-15)14-20(26)24-10-5-11-25(13-12-24)21(27)19-8-4-9-22-19/h2-4,6-9,22-23H,5,10-14H2,1H3. The molecule has 0 saturated carbocycles. The lowest BCUT2D eigenvalue weighted by Crippen LogP contribution is -2.38. The topological polar surface area (TPSA) is 72.2 Å². The van der Waals surface area contributed by atoms with Gasteiger partial charge in [-0.1, -0.05) is 18.2 Å². The van der Waals surface area contributed by atoms with Crippen LogP contribution in [0.5, 0.6) is 0 Å². The third-order valence-electron chi connectivity index (χ3n) is 5.32. The van der Waals surface area contributed by atoms with Gasteiger partial charge in [-0.15, -0.1) is 0 Å². The number of nitrogens with one attached hydrogen (secondary N) is 2. The lowest BCUT2D eigenvalue weighted by Gasteiger charge is -2.22. The molecule has 0 aliphatic carbocycles. The van der Waals surface area contributed by atoms with Crippen molar-refractivity contribution in [3.05, 3.63) is 59.5 Å². The number of nitrogens with zero attached hydrogens (tertiary/aromatic N) is 2. The van der Waals surface area contributed by atoms with Crippen LogP contribution in [-0.4, -0.2) is 57.8 Å². The Morgan fingerprint density at radius 1 is 1.00 bits per heavy atom. The van der Waals surface area contributed by atoms with Gasteiger partial charge in [-0.05, 0) is 37.1 Å². The van der Waals surface area contributed by atoms with Crippen LogP contribution < -0.4 is 0 Å². The van der Waals surface area contributed by atoms with E-state index in [0.29, 0.717) is 38.3 Å². The molecule has 0 spiro atoms. The smallest absolute Gasteiger partial charge is 0.270 e. The highest BCUT2D eigenvalue weighted by Crippen LogP contribution is 2.23. The normalized spacial score (nSPS) is 15.1. The molecule has 1 fully saturated rings. The fraction of sp³-hybridized carbons (Fsp3) is 0.333. The van der Waals surface area contributed by atoms with Gasteiger partial charge in [-0.3, -0.25) is 9.59 Å². The Morgan fingerprint density at radius 2 is 1.78 bits per heavy atom. The molecule has 3 aromatic rings. The van der Waals surface area contributed by atoms with Crippen LogP contribution in [0, 0.1) is 6.92 Å². The van der Waals surface area contributed by atoms with Gasteiger partial charge in [0.1, 0.15) is 5.69 Å². The number of carbonyl (C=O) groups is 2. The molecule has 3 heterocycles. The van der Waals surface area contributed by atoms with Crippen LogP contribution in [0.4, 0.5) is 0 Å². The predicted molar refractivity (Wildman–Crippen MR) is 105 cm³/mol. The maximum atomic E-state index is 12.9. The maximum Gasteiger partial charge on any atom is 0.270 e. The second kappa shape index (κ2) is 7.31. The van der Waals surface area contributed by atoms with Gasteiger partial charge >= 0.3 is 0 Å². The molecule has 0 atom stereocenters. The molecule has 2 N–H and O–H groups in total. The lowest BCUT2D eigenvalue weighted by atomic mass is 10.1. The summed E-state index contributed by atoms with van der Waals surface area (Å²) in [4.78, 5) is 35.5. The van der Waals surface area contributed by atoms with Crippen molar-refractivity contribution < 1.29 is 9.59 Å². The highest BCUT2D eigenvalue weighted by molar-refractivity contribution is 5.92. The maximum absolute atomic E-state index is 12.9. The monoisotopic (exact) mass is 364 g/mol. The van der Waals surface area contributed by atoms with E-state index in [1.54, 1.807) is 12.3 Å². The van der Waals surface area contributed by atoms with E-state index in [1.807, 2.05) is 41.0 Å². The number of benzene rings is 1. The first-order chi connectivity index (χ1) is 13.1. The van der Waals surface area contributed by atoms with Crippen LogP contribution in [0.2, 0.25) is 0 Å². The summed E-state index contributed by atoms with van der Waals surface area (Å²) in [5.74, 6) is 0.124. The van der Waals surface area contributed by atoms with E-state index < -0.39 is 0 Å². The fourth-order valence-electron chi connectivity index (χ4n) is 3.83. The van der Waals surface area contributed by atoms with Gasteiger partial charge in [-0.2, -0.15) is 0 Å². The Morgan fingerprint density at radius 3 is 2.59 bits per heavy atom. The highest BCUT2D eigenvalue weighted by atomic mass is 16.2. The number of hydrogen-bond donors (Lipinski definition) is 2. The second-order valence-corrected chi connectivity index (χ2v) is 7.06. The van der Waals surface area contributed by atoms with Crippen LogP contribution in [0.25, 0.3) is 10.9 Å². The van der Waals surface area contributed by atoms with E-state index in [2.05, 4.69) is 16.0 Å². The summed E-state index contributed by atoms with van der Waals surface area (Å²) in [5.41, 5.74) is 3.78. The fourth-order valence-corrected chi connectivity index (χ4v) is 3.83. The first-order valence-corrected chi connectivity index (χ1v) is 9.40. The quantitative estimate of drug-likeness (QED) is 0.750. The van der Waals surface area contributed by atoms with Crippen molar-refractivity contribution in [2.45, 2.75) is 19.8 Å². The minimum Gasteiger partial charge on any atom is -0.358 e. The zero-order chi connectivity index (χ0) is 18.8. The average Bonchev–Trinajstić information content (AvgIpc) is 3.23. The minimum absolute atomic E-state index is 0.00164. The molecule has 27 heavy (non-hydrogen) atoms. The third kappa shape index (κ3) is 3.47. The Hall–Kier alpha value is -3.02. The molecular formula is C21H24N4O2. The van der Waals surface area contributed by atoms with E-state index >= 15 is 0 Å². The van der Waals surface area contributed by atoms with Gasteiger partial charge in [0.15, 0.2) is 0 Å². The molecule has 0 bridgehead atoms. The second-order valence-electron chi connectivity index (χ2n) is 7.06. The van der Waals surface area contributed by atoms with Gasteiger partial charge in [0.2, 0.25) is 5.91 Å². The van der Waals surface area contributed by atoms with Crippen LogP contribution >= 0.6 is 0 Å². The lowest BCUT2D eigenvalue weighted by molar-refractivity contribution is -0.130. The SMILES string of the molecule is Cc1[nH]c2ccccc2c1CC(=O)N1CCCN(C(=O)c2ccc[nH]2)CC1. The summed E-state index contributed by atoms with van der Waals surface area (Å²) in [6, 6.07) is 11.7. The Bertz CT molecular complexity index is 958. The number of aryl methyl sites for hydroxylation is 1. The van der Waals surface area contributed by atoms with Gasteiger partial charge in [0.25, 0.3) is 5.91 Å². The number of rotatable bonds is 3. The molecular weight excluding hydrogens is 340 g/mol. The number of carbonyl (C=O) groups excluding carboxylic acids is 2. The Labute approximate surface area is 158 Å². The first-order valence-electron chi connectivity index (χ1n) is 9.40. The molecule has 6 nitrogen and oxygen atoms in total. The molecule has 6 heteroatoms. The number of para-hydroxylation sites is 1.